The van der Waals surface area contributed by atoms with Crippen LogP contribution < -0.4 is 15.8 Å². The lowest BCUT2D eigenvalue weighted by atomic mass is 9.91. The summed E-state index contributed by atoms with van der Waals surface area (Å²) < 4.78 is 7.92. The quantitative estimate of drug-likeness (QED) is 0.326. The first-order valence-electron chi connectivity index (χ1n) is 12.7. The van der Waals surface area contributed by atoms with E-state index in [1.54, 1.807) is 24.5 Å². The number of anilines is 1. The van der Waals surface area contributed by atoms with Crippen LogP contribution in [0.15, 0.2) is 85.5 Å². The van der Waals surface area contributed by atoms with Gasteiger partial charge >= 0.3 is 0 Å². The fourth-order valence-corrected chi connectivity index (χ4v) is 4.99. The minimum Gasteiger partial charge on any atom is -0.457 e. The molecular weight excluding hydrogens is 478 g/mol. The van der Waals surface area contributed by atoms with Gasteiger partial charge in [-0.05, 0) is 74.2 Å². The molecule has 1 amide bonds. The van der Waals surface area contributed by atoms with Gasteiger partial charge in [-0.15, -0.1) is 0 Å². The first-order valence-corrected chi connectivity index (χ1v) is 12.7. The van der Waals surface area contributed by atoms with Gasteiger partial charge in [-0.3, -0.25) is 9.78 Å². The van der Waals surface area contributed by atoms with Crippen molar-refractivity contribution in [2.24, 2.45) is 0 Å². The number of hydrogen-bond acceptors (Lipinski definition) is 7. The van der Waals surface area contributed by atoms with Crippen molar-refractivity contribution in [3.8, 4) is 22.8 Å². The first kappa shape index (κ1) is 23.6. The largest absolute Gasteiger partial charge is 0.457 e. The summed E-state index contributed by atoms with van der Waals surface area (Å²) in [6, 6.07) is 21.2. The molecule has 1 aliphatic rings. The standard InChI is InChI=1S/C29H27N7O2/c30-27-25-26(19-6-12-24(13-7-19)38-23-4-2-1-3-5-23)35-36(28(25)33-18-32-27)22-10-8-21(9-11-22)34-29(37)20-14-16-31-17-15-20/h1-7,12-18,21-22H,8-11H2,(H,34,37)(H2,30,32,33). The van der Waals surface area contributed by atoms with E-state index < -0.39 is 0 Å². The molecular formula is C29H27N7O2. The number of nitrogens with zero attached hydrogens (tertiary/aromatic N) is 5. The summed E-state index contributed by atoms with van der Waals surface area (Å²) in [5.74, 6) is 1.85. The first-order chi connectivity index (χ1) is 18.7. The van der Waals surface area contributed by atoms with E-state index in [0.717, 1.165) is 59.5 Å². The molecule has 0 saturated heterocycles. The third kappa shape index (κ3) is 4.78. The van der Waals surface area contributed by atoms with Gasteiger partial charge in [0, 0.05) is 29.6 Å². The number of pyridine rings is 1. The molecule has 38 heavy (non-hydrogen) atoms. The third-order valence-corrected chi connectivity index (χ3v) is 6.95. The van der Waals surface area contributed by atoms with Gasteiger partial charge in [0.05, 0.1) is 11.4 Å². The Kier molecular flexibility index (Phi) is 6.39. The van der Waals surface area contributed by atoms with Crippen molar-refractivity contribution in [3.63, 3.8) is 0 Å². The summed E-state index contributed by atoms with van der Waals surface area (Å²) in [6.45, 7) is 0. The number of para-hydroxylation sites is 1. The number of rotatable bonds is 6. The van der Waals surface area contributed by atoms with Crippen LogP contribution in [0.2, 0.25) is 0 Å². The summed E-state index contributed by atoms with van der Waals surface area (Å²) >= 11 is 0. The normalized spacial score (nSPS) is 17.3. The van der Waals surface area contributed by atoms with E-state index in [1.807, 2.05) is 59.3 Å². The second kappa shape index (κ2) is 10.3. The maximum Gasteiger partial charge on any atom is 0.251 e. The molecule has 1 aliphatic carbocycles. The van der Waals surface area contributed by atoms with E-state index in [-0.39, 0.29) is 18.0 Å². The zero-order valence-corrected chi connectivity index (χ0v) is 20.7. The molecule has 0 aliphatic heterocycles. The summed E-state index contributed by atoms with van der Waals surface area (Å²) in [7, 11) is 0. The molecule has 0 spiro atoms. The Morgan fingerprint density at radius 3 is 2.34 bits per heavy atom. The Balaban J connectivity index is 1.21. The fourth-order valence-electron chi connectivity index (χ4n) is 4.99. The topological polar surface area (TPSA) is 121 Å². The Morgan fingerprint density at radius 1 is 0.895 bits per heavy atom. The van der Waals surface area contributed by atoms with Crippen molar-refractivity contribution in [1.29, 1.82) is 0 Å². The minimum absolute atomic E-state index is 0.0668. The van der Waals surface area contributed by atoms with E-state index in [1.165, 1.54) is 6.33 Å². The summed E-state index contributed by atoms with van der Waals surface area (Å²) in [5.41, 5.74) is 9.33. The summed E-state index contributed by atoms with van der Waals surface area (Å²) in [4.78, 5) is 25.3. The molecule has 1 fully saturated rings. The van der Waals surface area contributed by atoms with Crippen LogP contribution >= 0.6 is 0 Å². The molecule has 1 saturated carbocycles. The Hall–Kier alpha value is -4.79. The van der Waals surface area contributed by atoms with Crippen molar-refractivity contribution in [2.75, 3.05) is 5.73 Å². The van der Waals surface area contributed by atoms with Gasteiger partial charge < -0.3 is 15.8 Å². The van der Waals surface area contributed by atoms with Crippen molar-refractivity contribution >= 4 is 22.8 Å². The van der Waals surface area contributed by atoms with Crippen LogP contribution in [0.5, 0.6) is 11.5 Å². The minimum atomic E-state index is -0.0668. The third-order valence-electron chi connectivity index (χ3n) is 6.95. The number of amides is 1. The van der Waals surface area contributed by atoms with E-state index >= 15 is 0 Å². The average molecular weight is 506 g/mol. The molecule has 3 heterocycles. The zero-order chi connectivity index (χ0) is 25.9. The molecule has 0 bridgehead atoms. The second-order valence-electron chi connectivity index (χ2n) is 9.40. The fraction of sp³-hybridized carbons (Fsp3) is 0.207. The van der Waals surface area contributed by atoms with Gasteiger partial charge in [-0.1, -0.05) is 18.2 Å². The van der Waals surface area contributed by atoms with Crippen LogP contribution in [-0.2, 0) is 0 Å². The van der Waals surface area contributed by atoms with E-state index in [0.29, 0.717) is 11.4 Å². The number of hydrogen-bond donors (Lipinski definition) is 2. The predicted molar refractivity (Wildman–Crippen MR) is 145 cm³/mol. The highest BCUT2D eigenvalue weighted by atomic mass is 16.5. The van der Waals surface area contributed by atoms with Crippen LogP contribution in [0.4, 0.5) is 5.82 Å². The van der Waals surface area contributed by atoms with Crippen LogP contribution in [0.25, 0.3) is 22.3 Å². The number of fused-ring (bicyclic) bond motifs is 1. The number of benzene rings is 2. The van der Waals surface area contributed by atoms with Crippen molar-refractivity contribution in [3.05, 3.63) is 91.0 Å². The average Bonchev–Trinajstić information content (AvgIpc) is 3.36. The number of nitrogen functional groups attached to an aromatic ring is 1. The number of carbonyl (C=O) groups excluding carboxylic acids is 1. The molecule has 0 unspecified atom stereocenters. The van der Waals surface area contributed by atoms with Crippen LogP contribution in [-0.4, -0.2) is 36.7 Å². The second-order valence-corrected chi connectivity index (χ2v) is 9.40. The molecule has 190 valence electrons. The van der Waals surface area contributed by atoms with Crippen LogP contribution in [0, 0.1) is 0 Å². The molecule has 3 aromatic heterocycles. The molecule has 0 atom stereocenters. The molecule has 9 nitrogen and oxygen atoms in total. The number of carbonyl (C=O) groups is 1. The molecule has 9 heteroatoms. The van der Waals surface area contributed by atoms with Crippen LogP contribution in [0.1, 0.15) is 42.1 Å². The van der Waals surface area contributed by atoms with E-state index in [2.05, 4.69) is 20.3 Å². The highest BCUT2D eigenvalue weighted by Gasteiger charge is 2.28. The Bertz CT molecular complexity index is 1550. The molecule has 2 aromatic carbocycles. The lowest BCUT2D eigenvalue weighted by molar-refractivity contribution is 0.0922. The van der Waals surface area contributed by atoms with Gasteiger partial charge in [0.2, 0.25) is 0 Å². The van der Waals surface area contributed by atoms with Gasteiger partial charge in [-0.25, -0.2) is 14.6 Å². The molecule has 0 radical (unpaired) electrons. The lowest BCUT2D eigenvalue weighted by Gasteiger charge is -2.29. The SMILES string of the molecule is Nc1ncnc2c1c(-c1ccc(Oc3ccccc3)cc1)nn2C1CCC(NC(=O)c2ccncc2)CC1. The van der Waals surface area contributed by atoms with Crippen molar-refractivity contribution < 1.29 is 9.53 Å². The molecule has 6 rings (SSSR count). The number of nitrogens with two attached hydrogens (primary N) is 1. The van der Waals surface area contributed by atoms with Gasteiger partial charge in [-0.2, -0.15) is 5.10 Å². The van der Waals surface area contributed by atoms with Crippen molar-refractivity contribution in [2.45, 2.75) is 37.8 Å². The van der Waals surface area contributed by atoms with Gasteiger partial charge in [0.15, 0.2) is 5.65 Å². The van der Waals surface area contributed by atoms with E-state index in [4.69, 9.17) is 15.6 Å². The molecule has 3 N–H and O–H groups in total. The summed E-state index contributed by atoms with van der Waals surface area (Å²) in [5, 5.41) is 8.89. The lowest BCUT2D eigenvalue weighted by Crippen LogP contribution is -2.38. The van der Waals surface area contributed by atoms with E-state index in [9.17, 15) is 4.79 Å². The molecule has 5 aromatic rings. The smallest absolute Gasteiger partial charge is 0.251 e. The number of aromatic nitrogens is 5. The van der Waals surface area contributed by atoms with Crippen molar-refractivity contribution in [1.82, 2.24) is 30.0 Å². The maximum atomic E-state index is 12.6. The Morgan fingerprint density at radius 2 is 1.61 bits per heavy atom. The zero-order valence-electron chi connectivity index (χ0n) is 20.7. The summed E-state index contributed by atoms with van der Waals surface area (Å²) in [6.07, 6.45) is 8.18. The highest BCUT2D eigenvalue weighted by Crippen LogP contribution is 2.36. The van der Waals surface area contributed by atoms with Gasteiger partial charge in [0.1, 0.15) is 29.3 Å². The van der Waals surface area contributed by atoms with Gasteiger partial charge in [0.25, 0.3) is 5.91 Å². The maximum absolute atomic E-state index is 12.6. The van der Waals surface area contributed by atoms with Crippen LogP contribution in [0.3, 0.4) is 0 Å². The number of nitrogens with one attached hydrogen (secondary N) is 1. The highest BCUT2D eigenvalue weighted by molar-refractivity contribution is 5.98. The monoisotopic (exact) mass is 505 g/mol. The number of ether oxygens (including phenoxy) is 1. The predicted octanol–water partition coefficient (Wildman–Crippen LogP) is 5.18. The Labute approximate surface area is 219 Å².